The summed E-state index contributed by atoms with van der Waals surface area (Å²) in [5.74, 6) is -2.08. The smallest absolute Gasteiger partial charge is 0.335 e. The molecule has 9 nitrogen and oxygen atoms in total. The number of carboxylic acid groups (broad SMARTS) is 2. The fraction of sp³-hybridized carbons (Fsp3) is 0.412. The number of aryl methyl sites for hydroxylation is 1. The number of piperazine rings is 1. The van der Waals surface area contributed by atoms with Gasteiger partial charge in [-0.15, -0.1) is 0 Å². The molecule has 0 amide bonds. The molecule has 2 N–H and O–H groups in total. The lowest BCUT2D eigenvalue weighted by atomic mass is 10.0. The number of carbonyl (C=O) groups is 2. The summed E-state index contributed by atoms with van der Waals surface area (Å²) in [6.45, 7) is 1.06. The topological polar surface area (TPSA) is 120 Å². The lowest BCUT2D eigenvalue weighted by Crippen LogP contribution is -2.50. The molecule has 0 bridgehead atoms. The van der Waals surface area contributed by atoms with Gasteiger partial charge in [0.05, 0.1) is 11.8 Å². The van der Waals surface area contributed by atoms with Crippen LogP contribution in [-0.4, -0.2) is 76.8 Å². The highest BCUT2D eigenvalue weighted by Gasteiger charge is 2.34. The maximum atomic E-state index is 12.0. The predicted molar refractivity (Wildman–Crippen MR) is 98.2 cm³/mol. The van der Waals surface area contributed by atoms with Crippen molar-refractivity contribution in [3.05, 3.63) is 35.5 Å². The van der Waals surface area contributed by atoms with Crippen molar-refractivity contribution in [2.24, 2.45) is 7.05 Å². The fourth-order valence-electron chi connectivity index (χ4n) is 3.55. The number of rotatable bonds is 5. The van der Waals surface area contributed by atoms with Gasteiger partial charge in [0, 0.05) is 55.9 Å². The highest BCUT2D eigenvalue weighted by molar-refractivity contribution is 7.88. The Bertz CT molecular complexity index is 1010. The van der Waals surface area contributed by atoms with E-state index in [1.807, 2.05) is 0 Å². The molecule has 2 aromatic rings. The largest absolute Gasteiger partial charge is 0.480 e. The SMILES string of the molecule is Cn1cc([C@@H](C(=O)O)N2CCN(S(C)(=O)=O)CC2)c2ccc(C(=O)O)cc21. The Labute approximate surface area is 156 Å². The fourth-order valence-corrected chi connectivity index (χ4v) is 4.37. The number of hydrogen-bond acceptors (Lipinski definition) is 5. The first-order chi connectivity index (χ1) is 12.6. The molecule has 1 atom stereocenters. The van der Waals surface area contributed by atoms with Gasteiger partial charge in [0.25, 0.3) is 0 Å². The van der Waals surface area contributed by atoms with E-state index in [9.17, 15) is 23.1 Å². The Morgan fingerprint density at radius 3 is 2.26 bits per heavy atom. The molecule has 27 heavy (non-hydrogen) atoms. The summed E-state index contributed by atoms with van der Waals surface area (Å²) in [5.41, 5.74) is 1.32. The third-order valence-electron chi connectivity index (χ3n) is 4.90. The molecule has 0 radical (unpaired) electrons. The van der Waals surface area contributed by atoms with Crippen LogP contribution in [-0.2, 0) is 21.9 Å². The van der Waals surface area contributed by atoms with Crippen molar-refractivity contribution in [2.45, 2.75) is 6.04 Å². The normalized spacial score (nSPS) is 17.9. The second-order valence-electron chi connectivity index (χ2n) is 6.67. The third kappa shape index (κ3) is 3.68. The molecule has 0 spiro atoms. The molecule has 1 aromatic heterocycles. The van der Waals surface area contributed by atoms with E-state index in [4.69, 9.17) is 5.11 Å². The van der Waals surface area contributed by atoms with Crippen LogP contribution in [0, 0.1) is 0 Å². The number of carboxylic acids is 2. The number of aromatic nitrogens is 1. The van der Waals surface area contributed by atoms with E-state index in [2.05, 4.69) is 0 Å². The Kier molecular flexibility index (Phi) is 4.98. The Morgan fingerprint density at radius 2 is 1.74 bits per heavy atom. The predicted octanol–water partition coefficient (Wildman–Crippen LogP) is 0.579. The molecule has 2 heterocycles. The van der Waals surface area contributed by atoms with E-state index in [-0.39, 0.29) is 18.7 Å². The minimum atomic E-state index is -3.30. The van der Waals surface area contributed by atoms with Crippen LogP contribution in [0.4, 0.5) is 0 Å². The highest BCUT2D eigenvalue weighted by Crippen LogP contribution is 2.31. The number of aromatic carboxylic acids is 1. The summed E-state index contributed by atoms with van der Waals surface area (Å²) in [4.78, 5) is 25.0. The number of benzene rings is 1. The van der Waals surface area contributed by atoms with Crippen LogP contribution in [0.3, 0.4) is 0 Å². The maximum Gasteiger partial charge on any atom is 0.335 e. The number of fused-ring (bicyclic) bond motifs is 1. The van der Waals surface area contributed by atoms with Crippen LogP contribution in [0.2, 0.25) is 0 Å². The number of nitrogens with zero attached hydrogens (tertiary/aromatic N) is 3. The first-order valence-electron chi connectivity index (χ1n) is 8.34. The molecule has 1 aromatic carbocycles. The summed E-state index contributed by atoms with van der Waals surface area (Å²) in [6, 6.07) is 3.65. The van der Waals surface area contributed by atoms with Crippen LogP contribution in [0.25, 0.3) is 10.9 Å². The van der Waals surface area contributed by atoms with Gasteiger partial charge >= 0.3 is 11.9 Å². The number of hydrogen-bond donors (Lipinski definition) is 2. The molecule has 0 aliphatic carbocycles. The van der Waals surface area contributed by atoms with Crippen molar-refractivity contribution >= 4 is 32.9 Å². The number of aliphatic carboxylic acids is 1. The van der Waals surface area contributed by atoms with Gasteiger partial charge in [-0.25, -0.2) is 13.2 Å². The molecule has 3 rings (SSSR count). The van der Waals surface area contributed by atoms with Gasteiger partial charge in [0.2, 0.25) is 10.0 Å². The van der Waals surface area contributed by atoms with E-state index < -0.39 is 28.0 Å². The summed E-state index contributed by atoms with van der Waals surface area (Å²) in [5, 5.41) is 19.7. The molecular weight excluding hydrogens is 374 g/mol. The summed E-state index contributed by atoms with van der Waals surface area (Å²) < 4.78 is 26.4. The van der Waals surface area contributed by atoms with Crippen molar-refractivity contribution in [1.82, 2.24) is 13.8 Å². The Balaban J connectivity index is 1.97. The van der Waals surface area contributed by atoms with Crippen molar-refractivity contribution in [2.75, 3.05) is 32.4 Å². The molecule has 0 saturated carbocycles. The van der Waals surface area contributed by atoms with Gasteiger partial charge in [-0.1, -0.05) is 6.07 Å². The van der Waals surface area contributed by atoms with Gasteiger partial charge in [0.15, 0.2) is 0 Å². The van der Waals surface area contributed by atoms with Crippen LogP contribution in [0.15, 0.2) is 24.4 Å². The lowest BCUT2D eigenvalue weighted by molar-refractivity contribution is -0.144. The van der Waals surface area contributed by atoms with Crippen molar-refractivity contribution in [3.63, 3.8) is 0 Å². The second kappa shape index (κ2) is 6.95. The average molecular weight is 395 g/mol. The molecule has 1 aliphatic heterocycles. The summed E-state index contributed by atoms with van der Waals surface area (Å²) in [6.07, 6.45) is 2.83. The molecule has 0 unspecified atom stereocenters. The summed E-state index contributed by atoms with van der Waals surface area (Å²) in [7, 11) is -1.57. The van der Waals surface area contributed by atoms with Gasteiger partial charge < -0.3 is 14.8 Å². The molecule has 1 aliphatic rings. The molecular formula is C17H21N3O6S. The van der Waals surface area contributed by atoms with Gasteiger partial charge in [-0.3, -0.25) is 9.69 Å². The standard InChI is InChI=1S/C17H21N3O6S/c1-18-10-13(12-4-3-11(16(21)22)9-14(12)18)15(17(23)24)19-5-7-20(8-6-19)27(2,25)26/h3-4,9-10,15H,5-8H2,1-2H3,(H,21,22)(H,23,24)/t15-/m0/s1. The van der Waals surface area contributed by atoms with E-state index >= 15 is 0 Å². The summed E-state index contributed by atoms with van der Waals surface area (Å²) >= 11 is 0. The van der Waals surface area contributed by atoms with E-state index in [0.717, 1.165) is 6.26 Å². The van der Waals surface area contributed by atoms with Crippen LogP contribution < -0.4 is 0 Å². The van der Waals surface area contributed by atoms with Crippen LogP contribution >= 0.6 is 0 Å². The zero-order valence-electron chi connectivity index (χ0n) is 15.0. The quantitative estimate of drug-likeness (QED) is 0.760. The molecule has 146 valence electrons. The average Bonchev–Trinajstić information content (AvgIpc) is 2.90. The minimum Gasteiger partial charge on any atom is -0.480 e. The molecule has 10 heteroatoms. The Hall–Kier alpha value is -2.43. The van der Waals surface area contributed by atoms with E-state index in [1.165, 1.54) is 16.4 Å². The molecule has 1 saturated heterocycles. The van der Waals surface area contributed by atoms with Crippen molar-refractivity contribution in [1.29, 1.82) is 0 Å². The van der Waals surface area contributed by atoms with Crippen LogP contribution in [0.5, 0.6) is 0 Å². The van der Waals surface area contributed by atoms with Crippen molar-refractivity contribution < 1.29 is 28.2 Å². The Morgan fingerprint density at radius 1 is 1.11 bits per heavy atom. The molecule has 1 fully saturated rings. The zero-order chi connectivity index (χ0) is 19.9. The van der Waals surface area contributed by atoms with E-state index in [0.29, 0.717) is 29.6 Å². The first kappa shape index (κ1) is 19.3. The number of sulfonamides is 1. The first-order valence-corrected chi connectivity index (χ1v) is 10.2. The highest BCUT2D eigenvalue weighted by atomic mass is 32.2. The third-order valence-corrected chi connectivity index (χ3v) is 6.21. The van der Waals surface area contributed by atoms with Crippen molar-refractivity contribution in [3.8, 4) is 0 Å². The zero-order valence-corrected chi connectivity index (χ0v) is 15.8. The van der Waals surface area contributed by atoms with Gasteiger partial charge in [0.1, 0.15) is 6.04 Å². The van der Waals surface area contributed by atoms with Gasteiger partial charge in [-0.2, -0.15) is 4.31 Å². The van der Waals surface area contributed by atoms with Crippen LogP contribution in [0.1, 0.15) is 22.0 Å². The van der Waals surface area contributed by atoms with E-state index in [1.54, 1.807) is 28.8 Å². The van der Waals surface area contributed by atoms with Gasteiger partial charge in [-0.05, 0) is 12.1 Å². The second-order valence-corrected chi connectivity index (χ2v) is 8.65. The monoisotopic (exact) mass is 395 g/mol. The maximum absolute atomic E-state index is 12.0. The lowest BCUT2D eigenvalue weighted by Gasteiger charge is -2.36. The minimum absolute atomic E-state index is 0.129.